The largest absolute Gasteiger partial charge is 0.382 e. The van der Waals surface area contributed by atoms with Crippen LogP contribution >= 0.6 is 0 Å². The van der Waals surface area contributed by atoms with E-state index in [9.17, 15) is 0 Å². The third kappa shape index (κ3) is 1.24. The molecule has 4 nitrogen and oxygen atoms in total. The van der Waals surface area contributed by atoms with Gasteiger partial charge in [0.1, 0.15) is 11.3 Å². The average molecular weight is 176 g/mol. The predicted molar refractivity (Wildman–Crippen MR) is 51.5 cm³/mol. The summed E-state index contributed by atoms with van der Waals surface area (Å²) in [5.74, 6) is 0.548. The topological polar surface area (TPSA) is 56.2 Å². The van der Waals surface area contributed by atoms with Gasteiger partial charge in [0.15, 0.2) is 0 Å². The Hall–Kier alpha value is -1.58. The number of fused-ring (bicyclic) bond motifs is 1. The molecule has 0 saturated heterocycles. The summed E-state index contributed by atoms with van der Waals surface area (Å²) in [4.78, 5) is 4.17. The van der Waals surface area contributed by atoms with Gasteiger partial charge >= 0.3 is 0 Å². The maximum atomic E-state index is 5.75. The fraction of sp³-hybridized carbons (Fsp3) is 0.333. The highest BCUT2D eigenvalue weighted by molar-refractivity contribution is 5.65. The van der Waals surface area contributed by atoms with Crippen molar-refractivity contribution < 1.29 is 0 Å². The maximum Gasteiger partial charge on any atom is 0.149 e. The number of aromatic nitrogens is 3. The average Bonchev–Trinajstić information content (AvgIpc) is 2.47. The first-order valence-corrected chi connectivity index (χ1v) is 4.32. The van der Waals surface area contributed by atoms with Crippen LogP contribution in [-0.4, -0.2) is 14.6 Å². The number of aryl methyl sites for hydroxylation is 2. The molecule has 2 N–H and O–H groups in total. The summed E-state index contributed by atoms with van der Waals surface area (Å²) in [5, 5.41) is 4.35. The maximum absolute atomic E-state index is 5.75. The first-order valence-electron chi connectivity index (χ1n) is 4.32. The zero-order valence-corrected chi connectivity index (χ0v) is 7.78. The van der Waals surface area contributed by atoms with Crippen molar-refractivity contribution in [2.75, 3.05) is 5.73 Å². The second kappa shape index (κ2) is 2.73. The van der Waals surface area contributed by atoms with Gasteiger partial charge < -0.3 is 5.73 Å². The van der Waals surface area contributed by atoms with Gasteiger partial charge in [0.25, 0.3) is 0 Å². The van der Waals surface area contributed by atoms with Crippen LogP contribution < -0.4 is 5.73 Å². The Kier molecular flexibility index (Phi) is 1.69. The molecule has 0 saturated carbocycles. The molecule has 2 aromatic rings. The third-order valence-electron chi connectivity index (χ3n) is 2.02. The molecule has 2 rings (SSSR count). The lowest BCUT2D eigenvalue weighted by Gasteiger charge is -1.97. The number of nitrogen functional groups attached to an aromatic ring is 1. The van der Waals surface area contributed by atoms with Crippen LogP contribution in [0, 0.1) is 6.92 Å². The van der Waals surface area contributed by atoms with Crippen LogP contribution in [0.25, 0.3) is 5.52 Å². The summed E-state index contributed by atoms with van der Waals surface area (Å²) in [6.45, 7) is 3.97. The fourth-order valence-electron chi connectivity index (χ4n) is 1.36. The SMILES string of the molecule is CCc1cc2c(N)nc(C)cn2n1. The summed E-state index contributed by atoms with van der Waals surface area (Å²) >= 11 is 0. The van der Waals surface area contributed by atoms with Gasteiger partial charge in [-0.15, -0.1) is 0 Å². The van der Waals surface area contributed by atoms with Gasteiger partial charge in [-0.3, -0.25) is 0 Å². The van der Waals surface area contributed by atoms with Crippen molar-refractivity contribution in [3.8, 4) is 0 Å². The predicted octanol–water partition coefficient (Wildman–Crippen LogP) is 1.18. The monoisotopic (exact) mass is 176 g/mol. The second-order valence-electron chi connectivity index (χ2n) is 3.09. The minimum Gasteiger partial charge on any atom is -0.382 e. The number of nitrogens with two attached hydrogens (primary N) is 1. The molecule has 0 unspecified atom stereocenters. The van der Waals surface area contributed by atoms with Crippen molar-refractivity contribution in [2.45, 2.75) is 20.3 Å². The lowest BCUT2D eigenvalue weighted by Crippen LogP contribution is -1.98. The number of nitrogens with zero attached hydrogens (tertiary/aromatic N) is 3. The highest BCUT2D eigenvalue weighted by Gasteiger charge is 2.04. The van der Waals surface area contributed by atoms with Crippen LogP contribution in [0.15, 0.2) is 12.3 Å². The first-order chi connectivity index (χ1) is 6.20. The summed E-state index contributed by atoms with van der Waals surface area (Å²) in [7, 11) is 0. The third-order valence-corrected chi connectivity index (χ3v) is 2.02. The van der Waals surface area contributed by atoms with E-state index in [1.807, 2.05) is 19.2 Å². The van der Waals surface area contributed by atoms with E-state index < -0.39 is 0 Å². The van der Waals surface area contributed by atoms with Gasteiger partial charge in [-0.25, -0.2) is 9.50 Å². The summed E-state index contributed by atoms with van der Waals surface area (Å²) < 4.78 is 1.79. The van der Waals surface area contributed by atoms with Crippen LogP contribution in [0.4, 0.5) is 5.82 Å². The molecule has 0 bridgehead atoms. The van der Waals surface area contributed by atoms with E-state index in [4.69, 9.17) is 5.73 Å². The van der Waals surface area contributed by atoms with E-state index in [0.29, 0.717) is 5.82 Å². The summed E-state index contributed by atoms with van der Waals surface area (Å²) in [5.41, 5.74) is 8.57. The molecule has 0 radical (unpaired) electrons. The van der Waals surface area contributed by atoms with E-state index in [2.05, 4.69) is 17.0 Å². The molecule has 13 heavy (non-hydrogen) atoms. The summed E-state index contributed by atoms with van der Waals surface area (Å²) in [6.07, 6.45) is 2.80. The minimum absolute atomic E-state index is 0.548. The molecule has 0 aromatic carbocycles. The molecule has 0 fully saturated rings. The van der Waals surface area contributed by atoms with Crippen molar-refractivity contribution in [3.05, 3.63) is 23.7 Å². The second-order valence-corrected chi connectivity index (χ2v) is 3.09. The van der Waals surface area contributed by atoms with Gasteiger partial charge in [-0.05, 0) is 19.4 Å². The number of hydrogen-bond acceptors (Lipinski definition) is 3. The Bertz CT molecular complexity index is 444. The van der Waals surface area contributed by atoms with Crippen LogP contribution in [0.1, 0.15) is 18.3 Å². The Balaban J connectivity index is 2.75. The molecule has 0 aliphatic carbocycles. The number of rotatable bonds is 1. The Morgan fingerprint density at radius 1 is 1.54 bits per heavy atom. The minimum atomic E-state index is 0.548. The highest BCUT2D eigenvalue weighted by atomic mass is 15.2. The van der Waals surface area contributed by atoms with Crippen LogP contribution in [0.2, 0.25) is 0 Å². The molecular formula is C9H12N4. The van der Waals surface area contributed by atoms with Crippen molar-refractivity contribution in [2.24, 2.45) is 0 Å². The molecule has 0 atom stereocenters. The molecule has 4 heteroatoms. The van der Waals surface area contributed by atoms with Gasteiger partial charge in [0, 0.05) is 0 Å². The van der Waals surface area contributed by atoms with E-state index in [1.165, 1.54) is 0 Å². The van der Waals surface area contributed by atoms with Gasteiger partial charge in [0.2, 0.25) is 0 Å². The molecule has 0 amide bonds. The van der Waals surface area contributed by atoms with Crippen molar-refractivity contribution in [1.82, 2.24) is 14.6 Å². The van der Waals surface area contributed by atoms with Crippen molar-refractivity contribution >= 4 is 11.3 Å². The van der Waals surface area contributed by atoms with Gasteiger partial charge in [-0.2, -0.15) is 5.10 Å². The van der Waals surface area contributed by atoms with Crippen molar-refractivity contribution in [3.63, 3.8) is 0 Å². The quantitative estimate of drug-likeness (QED) is 0.709. The Labute approximate surface area is 76.4 Å². The lowest BCUT2D eigenvalue weighted by atomic mass is 10.3. The zero-order valence-electron chi connectivity index (χ0n) is 7.78. The van der Waals surface area contributed by atoms with E-state index >= 15 is 0 Å². The molecule has 68 valence electrons. The standard InChI is InChI=1S/C9H12N4/c1-3-7-4-8-9(10)11-6(2)5-13(8)12-7/h4-5H,3H2,1-2H3,(H2,10,11). The van der Waals surface area contributed by atoms with E-state index in [0.717, 1.165) is 23.3 Å². The molecule has 0 spiro atoms. The smallest absolute Gasteiger partial charge is 0.149 e. The van der Waals surface area contributed by atoms with Crippen LogP contribution in [0.3, 0.4) is 0 Å². The Morgan fingerprint density at radius 2 is 2.31 bits per heavy atom. The summed E-state index contributed by atoms with van der Waals surface area (Å²) in [6, 6.07) is 1.97. The first kappa shape index (κ1) is 8.04. The highest BCUT2D eigenvalue weighted by Crippen LogP contribution is 2.13. The van der Waals surface area contributed by atoms with Crippen LogP contribution in [-0.2, 0) is 6.42 Å². The molecule has 2 aromatic heterocycles. The zero-order chi connectivity index (χ0) is 9.42. The molecule has 0 aliphatic heterocycles. The van der Waals surface area contributed by atoms with E-state index in [-0.39, 0.29) is 0 Å². The molecule has 0 aliphatic rings. The van der Waals surface area contributed by atoms with Gasteiger partial charge in [0.05, 0.1) is 17.6 Å². The van der Waals surface area contributed by atoms with Gasteiger partial charge in [-0.1, -0.05) is 6.92 Å². The molecular weight excluding hydrogens is 164 g/mol. The normalized spacial score (nSPS) is 10.9. The van der Waals surface area contributed by atoms with Crippen LogP contribution in [0.5, 0.6) is 0 Å². The lowest BCUT2D eigenvalue weighted by molar-refractivity contribution is 0.882. The fourth-order valence-corrected chi connectivity index (χ4v) is 1.36. The molecule has 2 heterocycles. The number of anilines is 1. The Morgan fingerprint density at radius 3 is 3.00 bits per heavy atom. The van der Waals surface area contributed by atoms with E-state index in [1.54, 1.807) is 4.52 Å². The number of hydrogen-bond donors (Lipinski definition) is 1. The van der Waals surface area contributed by atoms with Crippen molar-refractivity contribution in [1.29, 1.82) is 0 Å².